The van der Waals surface area contributed by atoms with Crippen molar-refractivity contribution in [3.63, 3.8) is 0 Å². The lowest BCUT2D eigenvalue weighted by Gasteiger charge is -2.37. The molecule has 1 saturated heterocycles. The first-order valence-electron chi connectivity index (χ1n) is 6.33. The van der Waals surface area contributed by atoms with Crippen LogP contribution < -0.4 is 4.90 Å². The Morgan fingerprint density at radius 1 is 1.10 bits per heavy atom. The summed E-state index contributed by atoms with van der Waals surface area (Å²) in [4.78, 5) is 2.99. The number of para-hydroxylation sites is 1. The maximum Gasteiger partial charge on any atom is 0.401 e. The van der Waals surface area contributed by atoms with Gasteiger partial charge in [0.15, 0.2) is 0 Å². The number of rotatable bonds is 3. The molecule has 0 bridgehead atoms. The van der Waals surface area contributed by atoms with Crippen molar-refractivity contribution in [1.29, 1.82) is 0 Å². The van der Waals surface area contributed by atoms with E-state index in [0.29, 0.717) is 24.3 Å². The highest BCUT2D eigenvalue weighted by Crippen LogP contribution is 2.26. The van der Waals surface area contributed by atoms with Gasteiger partial charge in [-0.1, -0.05) is 12.1 Å². The normalized spacial score (nSPS) is 17.6. The molecule has 1 fully saturated rings. The van der Waals surface area contributed by atoms with Gasteiger partial charge >= 0.3 is 6.18 Å². The van der Waals surface area contributed by atoms with Gasteiger partial charge < -0.3 is 10.0 Å². The molecule has 1 aliphatic rings. The van der Waals surface area contributed by atoms with E-state index in [-0.39, 0.29) is 19.7 Å². The Morgan fingerprint density at radius 2 is 1.75 bits per heavy atom. The van der Waals surface area contributed by atoms with Crippen LogP contribution in [0.1, 0.15) is 5.56 Å². The second kappa shape index (κ2) is 5.97. The van der Waals surface area contributed by atoms with Crippen molar-refractivity contribution >= 4 is 5.69 Å². The molecule has 1 N–H and O–H groups in total. The van der Waals surface area contributed by atoms with Gasteiger partial charge in [0, 0.05) is 31.7 Å². The smallest absolute Gasteiger partial charge is 0.392 e. The van der Waals surface area contributed by atoms with E-state index in [2.05, 4.69) is 0 Å². The minimum absolute atomic E-state index is 0.221. The Hall–Kier alpha value is -1.34. The zero-order valence-electron chi connectivity index (χ0n) is 10.8. The molecule has 1 heterocycles. The van der Waals surface area contributed by atoms with Crippen LogP contribution in [0.2, 0.25) is 0 Å². The largest absolute Gasteiger partial charge is 0.401 e. The first-order valence-corrected chi connectivity index (χ1v) is 6.33. The predicted octanol–water partition coefficient (Wildman–Crippen LogP) is 2.00. The van der Waals surface area contributed by atoms with E-state index in [4.69, 9.17) is 0 Å². The fraction of sp³-hybridized carbons (Fsp3) is 0.538. The number of nitrogens with zero attached hydrogens (tertiary/aromatic N) is 2. The monoisotopic (exact) mass is 292 g/mol. The SMILES string of the molecule is OCc1cccc(F)c1N1CCN(CC(F)(F)F)CC1. The molecule has 1 aromatic carbocycles. The van der Waals surface area contributed by atoms with Gasteiger partial charge in [-0.05, 0) is 6.07 Å². The molecular weight excluding hydrogens is 276 g/mol. The number of benzene rings is 1. The Bertz CT molecular complexity index is 456. The number of halogens is 4. The second-order valence-electron chi connectivity index (χ2n) is 4.78. The van der Waals surface area contributed by atoms with Gasteiger partial charge in [0.2, 0.25) is 0 Å². The van der Waals surface area contributed by atoms with Crippen LogP contribution in [0.4, 0.5) is 23.2 Å². The van der Waals surface area contributed by atoms with E-state index in [1.165, 1.54) is 17.0 Å². The van der Waals surface area contributed by atoms with Crippen molar-refractivity contribution in [3.05, 3.63) is 29.6 Å². The molecule has 0 aliphatic carbocycles. The summed E-state index contributed by atoms with van der Waals surface area (Å²) in [5, 5.41) is 9.23. The Kier molecular flexibility index (Phi) is 4.49. The summed E-state index contributed by atoms with van der Waals surface area (Å²) in [5.41, 5.74) is 0.746. The number of hydrogen-bond acceptors (Lipinski definition) is 3. The number of aliphatic hydroxyl groups is 1. The zero-order valence-corrected chi connectivity index (χ0v) is 10.8. The van der Waals surface area contributed by atoms with Gasteiger partial charge in [-0.3, -0.25) is 4.90 Å². The lowest BCUT2D eigenvalue weighted by molar-refractivity contribution is -0.146. The quantitative estimate of drug-likeness (QED) is 0.863. The van der Waals surface area contributed by atoms with Crippen LogP contribution in [0.25, 0.3) is 0 Å². The number of anilines is 1. The van der Waals surface area contributed by atoms with Crippen LogP contribution in [-0.4, -0.2) is 48.9 Å². The van der Waals surface area contributed by atoms with Crippen LogP contribution in [0.5, 0.6) is 0 Å². The van der Waals surface area contributed by atoms with E-state index < -0.39 is 18.5 Å². The molecule has 0 atom stereocenters. The van der Waals surface area contributed by atoms with Crippen molar-refractivity contribution in [3.8, 4) is 0 Å². The molecule has 1 aliphatic heterocycles. The van der Waals surface area contributed by atoms with E-state index in [1.807, 2.05) is 0 Å². The minimum Gasteiger partial charge on any atom is -0.392 e. The maximum absolute atomic E-state index is 13.8. The molecule has 3 nitrogen and oxygen atoms in total. The fourth-order valence-corrected chi connectivity index (χ4v) is 2.42. The van der Waals surface area contributed by atoms with Gasteiger partial charge in [0.25, 0.3) is 0 Å². The molecule has 7 heteroatoms. The molecular formula is C13H16F4N2O. The predicted molar refractivity (Wildman–Crippen MR) is 67.0 cm³/mol. The highest BCUT2D eigenvalue weighted by molar-refractivity contribution is 5.55. The van der Waals surface area contributed by atoms with Crippen LogP contribution >= 0.6 is 0 Å². The lowest BCUT2D eigenvalue weighted by Crippen LogP contribution is -2.49. The third-order valence-electron chi connectivity index (χ3n) is 3.33. The summed E-state index contributed by atoms with van der Waals surface area (Å²) in [6.45, 7) is -0.174. The van der Waals surface area contributed by atoms with Crippen molar-refractivity contribution in [2.24, 2.45) is 0 Å². The van der Waals surface area contributed by atoms with Crippen molar-refractivity contribution < 1.29 is 22.7 Å². The Balaban J connectivity index is 2.04. The summed E-state index contributed by atoms with van der Waals surface area (Å²) in [7, 11) is 0. The van der Waals surface area contributed by atoms with Gasteiger partial charge in [0.05, 0.1) is 18.8 Å². The zero-order chi connectivity index (χ0) is 14.8. The van der Waals surface area contributed by atoms with Crippen molar-refractivity contribution in [2.45, 2.75) is 12.8 Å². The first kappa shape index (κ1) is 15.1. The van der Waals surface area contributed by atoms with E-state index in [1.54, 1.807) is 11.0 Å². The van der Waals surface area contributed by atoms with Gasteiger partial charge in [0.1, 0.15) is 5.82 Å². The summed E-state index contributed by atoms with van der Waals surface area (Å²) >= 11 is 0. The highest BCUT2D eigenvalue weighted by atomic mass is 19.4. The van der Waals surface area contributed by atoms with Crippen LogP contribution in [0.3, 0.4) is 0 Å². The molecule has 0 unspecified atom stereocenters. The average Bonchev–Trinajstić information content (AvgIpc) is 2.38. The minimum atomic E-state index is -4.21. The van der Waals surface area contributed by atoms with E-state index in [0.717, 1.165) is 0 Å². The molecule has 0 spiro atoms. The Morgan fingerprint density at radius 3 is 2.30 bits per heavy atom. The summed E-state index contributed by atoms with van der Waals surface area (Å²) in [6.07, 6.45) is -4.21. The lowest BCUT2D eigenvalue weighted by atomic mass is 10.1. The third-order valence-corrected chi connectivity index (χ3v) is 3.33. The third kappa shape index (κ3) is 3.61. The molecule has 1 aromatic rings. The van der Waals surface area contributed by atoms with E-state index >= 15 is 0 Å². The molecule has 0 amide bonds. The van der Waals surface area contributed by atoms with Gasteiger partial charge in [-0.2, -0.15) is 13.2 Å². The Labute approximate surface area is 114 Å². The number of alkyl halides is 3. The van der Waals surface area contributed by atoms with Crippen molar-refractivity contribution in [2.75, 3.05) is 37.6 Å². The van der Waals surface area contributed by atoms with Crippen LogP contribution in [0, 0.1) is 5.82 Å². The van der Waals surface area contributed by atoms with E-state index in [9.17, 15) is 22.7 Å². The molecule has 0 aromatic heterocycles. The fourth-order valence-electron chi connectivity index (χ4n) is 2.42. The number of hydrogen-bond donors (Lipinski definition) is 1. The molecule has 112 valence electrons. The molecule has 20 heavy (non-hydrogen) atoms. The second-order valence-corrected chi connectivity index (χ2v) is 4.78. The van der Waals surface area contributed by atoms with Crippen LogP contribution in [-0.2, 0) is 6.61 Å². The van der Waals surface area contributed by atoms with Crippen LogP contribution in [0.15, 0.2) is 18.2 Å². The first-order chi connectivity index (χ1) is 9.40. The standard InChI is InChI=1S/C13H16F4N2O/c14-11-3-1-2-10(8-20)12(11)19-6-4-18(5-7-19)9-13(15,16)17/h1-3,20H,4-9H2. The molecule has 0 radical (unpaired) electrons. The molecule has 2 rings (SSSR count). The summed E-state index contributed by atoms with van der Waals surface area (Å²) in [5.74, 6) is -0.458. The number of piperazine rings is 1. The summed E-state index contributed by atoms with van der Waals surface area (Å²) in [6, 6.07) is 4.40. The molecule has 0 saturated carbocycles. The van der Waals surface area contributed by atoms with Crippen molar-refractivity contribution in [1.82, 2.24) is 4.90 Å². The average molecular weight is 292 g/mol. The number of aliphatic hydroxyl groups excluding tert-OH is 1. The summed E-state index contributed by atoms with van der Waals surface area (Å²) < 4.78 is 50.7. The van der Waals surface area contributed by atoms with Gasteiger partial charge in [-0.25, -0.2) is 4.39 Å². The maximum atomic E-state index is 13.8. The highest BCUT2D eigenvalue weighted by Gasteiger charge is 2.32. The topological polar surface area (TPSA) is 26.7 Å². The van der Waals surface area contributed by atoms with Gasteiger partial charge in [-0.15, -0.1) is 0 Å².